The third kappa shape index (κ3) is 8.37. The molecule has 0 amide bonds. The minimum Gasteiger partial charge on any atom is -0.273 e. The molecule has 0 fully saturated rings. The molecule has 1 heterocycles. The third-order valence-electron chi connectivity index (χ3n) is 5.24. The quantitative estimate of drug-likeness (QED) is 0.243. The van der Waals surface area contributed by atoms with Gasteiger partial charge in [0, 0.05) is 6.42 Å². The summed E-state index contributed by atoms with van der Waals surface area (Å²) >= 11 is 0. The summed E-state index contributed by atoms with van der Waals surface area (Å²) in [5.41, 5.74) is 1.58. The molecule has 0 saturated heterocycles. The van der Waals surface area contributed by atoms with E-state index >= 15 is 0 Å². The second-order valence-electron chi connectivity index (χ2n) is 7.72. The minimum absolute atomic E-state index is 0.0407. The SMILES string of the molecule is CCCCCCCCCC/C=C/CCCCCC(=O)n1nnc2ccccc21. The number of allylic oxidation sites excluding steroid dienone is 2. The van der Waals surface area contributed by atoms with Crippen molar-refractivity contribution in [1.29, 1.82) is 0 Å². The zero-order valence-corrected chi connectivity index (χ0v) is 17.6. The number of carbonyl (C=O) groups is 1. The molecule has 0 spiro atoms. The number of fused-ring (bicyclic) bond motifs is 1. The molecule has 4 nitrogen and oxygen atoms in total. The van der Waals surface area contributed by atoms with Crippen molar-refractivity contribution in [1.82, 2.24) is 15.0 Å². The van der Waals surface area contributed by atoms with Gasteiger partial charge in [0.05, 0.1) is 5.52 Å². The molecule has 0 bridgehead atoms. The molecule has 4 heteroatoms. The van der Waals surface area contributed by atoms with Crippen LogP contribution >= 0.6 is 0 Å². The van der Waals surface area contributed by atoms with Gasteiger partial charge in [0.15, 0.2) is 0 Å². The van der Waals surface area contributed by atoms with Crippen molar-refractivity contribution in [2.24, 2.45) is 0 Å². The Kier molecular flexibility index (Phi) is 11.2. The molecule has 0 N–H and O–H groups in total. The van der Waals surface area contributed by atoms with Crippen molar-refractivity contribution in [2.75, 3.05) is 0 Å². The Morgan fingerprint density at radius 3 is 2.18 bits per heavy atom. The molecular formula is C24H37N3O. The van der Waals surface area contributed by atoms with E-state index in [0.29, 0.717) is 6.42 Å². The summed E-state index contributed by atoms with van der Waals surface area (Å²) in [6, 6.07) is 7.60. The highest BCUT2D eigenvalue weighted by Gasteiger charge is 2.10. The minimum atomic E-state index is 0.0407. The lowest BCUT2D eigenvalue weighted by atomic mass is 10.1. The number of carbonyl (C=O) groups excluding carboxylic acids is 1. The fraction of sp³-hybridized carbons (Fsp3) is 0.625. The van der Waals surface area contributed by atoms with Crippen molar-refractivity contribution in [2.45, 2.75) is 96.8 Å². The summed E-state index contributed by atoms with van der Waals surface area (Å²) in [4.78, 5) is 12.3. The van der Waals surface area contributed by atoms with Gasteiger partial charge in [-0.15, -0.1) is 5.10 Å². The van der Waals surface area contributed by atoms with E-state index in [1.807, 2.05) is 24.3 Å². The first-order valence-electron chi connectivity index (χ1n) is 11.3. The first-order valence-corrected chi connectivity index (χ1v) is 11.3. The zero-order chi connectivity index (χ0) is 19.9. The molecule has 0 aliphatic carbocycles. The maximum Gasteiger partial charge on any atom is 0.248 e. The van der Waals surface area contributed by atoms with E-state index < -0.39 is 0 Å². The summed E-state index contributed by atoms with van der Waals surface area (Å²) in [5.74, 6) is 0.0407. The molecule has 0 atom stereocenters. The lowest BCUT2D eigenvalue weighted by Crippen LogP contribution is -2.12. The predicted molar refractivity (Wildman–Crippen MR) is 118 cm³/mol. The molecular weight excluding hydrogens is 346 g/mol. The Bertz CT molecular complexity index is 705. The maximum atomic E-state index is 12.3. The number of nitrogens with zero attached hydrogens (tertiary/aromatic N) is 3. The molecule has 0 aliphatic heterocycles. The Morgan fingerprint density at radius 1 is 0.857 bits per heavy atom. The molecule has 2 aromatic rings. The van der Waals surface area contributed by atoms with Crippen molar-refractivity contribution in [3.63, 3.8) is 0 Å². The van der Waals surface area contributed by atoms with Gasteiger partial charge in [-0.05, 0) is 44.2 Å². The second-order valence-corrected chi connectivity index (χ2v) is 7.72. The highest BCUT2D eigenvalue weighted by Crippen LogP contribution is 2.13. The monoisotopic (exact) mass is 383 g/mol. The molecule has 28 heavy (non-hydrogen) atoms. The average molecular weight is 384 g/mol. The molecule has 0 unspecified atom stereocenters. The van der Waals surface area contributed by atoms with Crippen LogP contribution in [0, 0.1) is 0 Å². The summed E-state index contributed by atoms with van der Waals surface area (Å²) in [6.45, 7) is 2.27. The summed E-state index contributed by atoms with van der Waals surface area (Å²) in [6.07, 6.45) is 21.7. The van der Waals surface area contributed by atoms with E-state index in [4.69, 9.17) is 0 Å². The van der Waals surface area contributed by atoms with E-state index in [-0.39, 0.29) is 5.91 Å². The van der Waals surface area contributed by atoms with Crippen molar-refractivity contribution >= 4 is 16.9 Å². The van der Waals surface area contributed by atoms with Crippen LogP contribution in [0.15, 0.2) is 36.4 Å². The Balaban J connectivity index is 1.44. The van der Waals surface area contributed by atoms with Crippen LogP contribution in [0.3, 0.4) is 0 Å². The topological polar surface area (TPSA) is 47.8 Å². The van der Waals surface area contributed by atoms with Crippen molar-refractivity contribution in [3.8, 4) is 0 Å². The average Bonchev–Trinajstić information content (AvgIpc) is 3.15. The van der Waals surface area contributed by atoms with E-state index in [9.17, 15) is 4.79 Å². The van der Waals surface area contributed by atoms with Crippen LogP contribution in [-0.2, 0) is 0 Å². The standard InChI is InChI=1S/C24H37N3O/c1-2-3-4-5-6-7-8-9-10-11-12-13-14-15-16-21-24(28)27-23-20-18-17-19-22(23)25-26-27/h11-12,17-20H,2-10,13-16,21H2,1H3/b12-11+. The van der Waals surface area contributed by atoms with Crippen LogP contribution in [0.2, 0.25) is 0 Å². The highest BCUT2D eigenvalue weighted by molar-refractivity contribution is 5.88. The number of hydrogen-bond donors (Lipinski definition) is 0. The van der Waals surface area contributed by atoms with Gasteiger partial charge in [-0.25, -0.2) is 0 Å². The van der Waals surface area contributed by atoms with Gasteiger partial charge >= 0.3 is 0 Å². The lowest BCUT2D eigenvalue weighted by molar-refractivity contribution is 0.0886. The molecule has 2 rings (SSSR count). The van der Waals surface area contributed by atoms with Gasteiger partial charge in [-0.3, -0.25) is 4.79 Å². The van der Waals surface area contributed by atoms with Gasteiger partial charge in [0.25, 0.3) is 0 Å². The van der Waals surface area contributed by atoms with Crippen LogP contribution in [0.25, 0.3) is 11.0 Å². The predicted octanol–water partition coefficient (Wildman–Crippen LogP) is 7.11. The largest absolute Gasteiger partial charge is 0.273 e. The van der Waals surface area contributed by atoms with Gasteiger partial charge in [0.1, 0.15) is 5.52 Å². The van der Waals surface area contributed by atoms with Crippen LogP contribution in [0.1, 0.15) is 102 Å². The van der Waals surface area contributed by atoms with E-state index in [1.165, 1.54) is 62.5 Å². The number of benzene rings is 1. The fourth-order valence-electron chi connectivity index (χ4n) is 3.51. The fourth-order valence-corrected chi connectivity index (χ4v) is 3.51. The van der Waals surface area contributed by atoms with Crippen LogP contribution in [0.5, 0.6) is 0 Å². The van der Waals surface area contributed by atoms with Crippen LogP contribution in [-0.4, -0.2) is 20.9 Å². The number of para-hydroxylation sites is 1. The first kappa shape index (κ1) is 22.3. The zero-order valence-electron chi connectivity index (χ0n) is 17.6. The summed E-state index contributed by atoms with van der Waals surface area (Å²) in [7, 11) is 0. The summed E-state index contributed by atoms with van der Waals surface area (Å²) < 4.78 is 1.44. The van der Waals surface area contributed by atoms with Crippen LogP contribution < -0.4 is 0 Å². The van der Waals surface area contributed by atoms with Gasteiger partial charge in [-0.2, -0.15) is 4.68 Å². The third-order valence-corrected chi connectivity index (χ3v) is 5.24. The van der Waals surface area contributed by atoms with Crippen molar-refractivity contribution in [3.05, 3.63) is 36.4 Å². The summed E-state index contributed by atoms with van der Waals surface area (Å²) in [5, 5.41) is 8.03. The van der Waals surface area contributed by atoms with Gasteiger partial charge < -0.3 is 0 Å². The number of rotatable bonds is 15. The molecule has 0 radical (unpaired) electrons. The second kappa shape index (κ2) is 14.1. The molecule has 1 aromatic carbocycles. The number of aromatic nitrogens is 3. The molecule has 0 saturated carbocycles. The van der Waals surface area contributed by atoms with Crippen molar-refractivity contribution < 1.29 is 4.79 Å². The molecule has 1 aromatic heterocycles. The smallest absolute Gasteiger partial charge is 0.248 e. The number of unbranched alkanes of at least 4 members (excludes halogenated alkanes) is 11. The van der Waals surface area contributed by atoms with E-state index in [0.717, 1.165) is 36.7 Å². The highest BCUT2D eigenvalue weighted by atomic mass is 16.2. The van der Waals surface area contributed by atoms with Crippen LogP contribution in [0.4, 0.5) is 0 Å². The Labute approximate surface area is 170 Å². The molecule has 154 valence electrons. The maximum absolute atomic E-state index is 12.3. The Morgan fingerprint density at radius 2 is 1.46 bits per heavy atom. The lowest BCUT2D eigenvalue weighted by Gasteiger charge is -2.01. The van der Waals surface area contributed by atoms with Gasteiger partial charge in [-0.1, -0.05) is 87.8 Å². The van der Waals surface area contributed by atoms with E-state index in [2.05, 4.69) is 29.4 Å². The number of hydrogen-bond acceptors (Lipinski definition) is 3. The first-order chi connectivity index (χ1) is 13.8. The van der Waals surface area contributed by atoms with Gasteiger partial charge in [0.2, 0.25) is 5.91 Å². The van der Waals surface area contributed by atoms with E-state index in [1.54, 1.807) is 0 Å². The normalized spacial score (nSPS) is 11.6. The Hall–Kier alpha value is -1.97. The molecule has 0 aliphatic rings.